The first kappa shape index (κ1) is 36.9. The van der Waals surface area contributed by atoms with E-state index < -0.39 is 12.4 Å². The molecule has 5 unspecified atom stereocenters. The number of carbonyl (C=O) groups excluding carboxylic acids is 1. The number of aliphatic hydroxyl groups is 2. The van der Waals surface area contributed by atoms with E-state index in [-0.39, 0.29) is 36.4 Å². The van der Waals surface area contributed by atoms with Gasteiger partial charge in [-0.3, -0.25) is 4.90 Å². The van der Waals surface area contributed by atoms with Crippen LogP contribution in [0.25, 0.3) is 11.1 Å². The number of hydrogen-bond acceptors (Lipinski definition) is 6. The largest absolute Gasteiger partial charge is 0.392 e. The fraction of sp³-hybridized carbons (Fsp3) is 0.457. The van der Waals surface area contributed by atoms with Gasteiger partial charge in [0, 0.05) is 36.7 Å². The highest BCUT2D eigenvalue weighted by atomic mass is 16.7. The van der Waals surface area contributed by atoms with Crippen molar-refractivity contribution in [1.82, 2.24) is 15.5 Å². The first-order valence-corrected chi connectivity index (χ1v) is 19.9. The molecule has 1 heterocycles. The summed E-state index contributed by atoms with van der Waals surface area (Å²) < 4.78 is 13.4. The van der Waals surface area contributed by atoms with Crippen molar-refractivity contribution >= 4 is 6.03 Å². The molecule has 284 valence electrons. The Bertz CT molecular complexity index is 1850. The van der Waals surface area contributed by atoms with Crippen LogP contribution >= 0.6 is 0 Å². The third-order valence-corrected chi connectivity index (χ3v) is 12.7. The predicted octanol–water partition coefficient (Wildman–Crippen LogP) is 8.21. The SMILES string of the molecule is CC(C(O)c1ccccc1)N(C)CC1CC(c2ccc(CO)cc2)OC(c2cccc(-c3cccc(CNC(=O)NC45CC6CC(CC(C6)C4)C5)c3)c2)O1. The molecule has 5 fully saturated rings. The average molecular weight is 730 g/mol. The standard InChI is InChI=1S/C46H55N3O5/c1-30(43(51)37-9-4-3-5-10-37)49(2)28-41-23-42(36-16-14-31(29-50)15-17-36)54-44(53-41)40-13-7-12-39(22-40)38-11-6-8-32(21-38)27-47-45(52)48-46-24-33-18-34(25-46)20-35(19-33)26-46/h3-17,21-22,30,33-35,41-44,50-51H,18-20,23-29H2,1-2H3,(H2,47,48,52). The van der Waals surface area contributed by atoms with Crippen LogP contribution in [0, 0.1) is 17.8 Å². The molecule has 8 nitrogen and oxygen atoms in total. The van der Waals surface area contributed by atoms with E-state index in [2.05, 4.69) is 45.9 Å². The molecule has 2 amide bonds. The van der Waals surface area contributed by atoms with Gasteiger partial charge in [-0.2, -0.15) is 0 Å². The zero-order valence-corrected chi connectivity index (χ0v) is 31.6. The van der Waals surface area contributed by atoms with E-state index in [4.69, 9.17) is 9.47 Å². The van der Waals surface area contributed by atoms with Gasteiger partial charge < -0.3 is 30.3 Å². The van der Waals surface area contributed by atoms with Crippen LogP contribution in [0.5, 0.6) is 0 Å². The first-order chi connectivity index (χ1) is 26.2. The van der Waals surface area contributed by atoms with Gasteiger partial charge >= 0.3 is 6.03 Å². The van der Waals surface area contributed by atoms with E-state index >= 15 is 0 Å². The van der Waals surface area contributed by atoms with Gasteiger partial charge in [0.15, 0.2) is 6.29 Å². The van der Waals surface area contributed by atoms with E-state index in [1.807, 2.05) is 86.8 Å². The summed E-state index contributed by atoms with van der Waals surface area (Å²) in [5.41, 5.74) is 6.85. The predicted molar refractivity (Wildman–Crippen MR) is 210 cm³/mol. The van der Waals surface area contributed by atoms with Crippen LogP contribution in [0.15, 0.2) is 103 Å². The van der Waals surface area contributed by atoms with Gasteiger partial charge in [0.05, 0.1) is 24.9 Å². The lowest BCUT2D eigenvalue weighted by Gasteiger charge is -2.56. The fourth-order valence-electron chi connectivity index (χ4n) is 10.1. The topological polar surface area (TPSA) is 103 Å². The molecule has 1 aliphatic heterocycles. The second kappa shape index (κ2) is 16.0. The highest BCUT2D eigenvalue weighted by molar-refractivity contribution is 5.75. The monoisotopic (exact) mass is 729 g/mol. The normalized spacial score (nSPS) is 28.5. The zero-order valence-electron chi connectivity index (χ0n) is 31.6. The molecule has 0 aromatic heterocycles. The summed E-state index contributed by atoms with van der Waals surface area (Å²) in [5.74, 6) is 2.35. The lowest BCUT2D eigenvalue weighted by Crippen LogP contribution is -2.61. The van der Waals surface area contributed by atoms with Crippen molar-refractivity contribution in [2.75, 3.05) is 13.6 Å². The Morgan fingerprint density at radius 3 is 2.15 bits per heavy atom. The Morgan fingerprint density at radius 2 is 1.46 bits per heavy atom. The minimum absolute atomic E-state index is 0.00825. The van der Waals surface area contributed by atoms with E-state index in [0.717, 1.165) is 76.0 Å². The molecule has 9 rings (SSSR count). The number of nitrogens with one attached hydrogen (secondary N) is 2. The molecular formula is C46H55N3O5. The lowest BCUT2D eigenvalue weighted by atomic mass is 9.53. The minimum Gasteiger partial charge on any atom is -0.392 e. The summed E-state index contributed by atoms with van der Waals surface area (Å²) in [6, 6.07) is 34.2. The molecular weight excluding hydrogens is 675 g/mol. The smallest absolute Gasteiger partial charge is 0.315 e. The van der Waals surface area contributed by atoms with E-state index in [0.29, 0.717) is 19.5 Å². The lowest BCUT2D eigenvalue weighted by molar-refractivity contribution is -0.253. The molecule has 4 aromatic rings. The van der Waals surface area contributed by atoms with Gasteiger partial charge in [0.25, 0.3) is 0 Å². The third kappa shape index (κ3) is 8.28. The van der Waals surface area contributed by atoms with Crippen molar-refractivity contribution in [1.29, 1.82) is 0 Å². The molecule has 4 saturated carbocycles. The Hall–Kier alpha value is -4.05. The van der Waals surface area contributed by atoms with Gasteiger partial charge in [0.2, 0.25) is 0 Å². The van der Waals surface area contributed by atoms with Crippen LogP contribution < -0.4 is 10.6 Å². The number of urea groups is 1. The van der Waals surface area contributed by atoms with Crippen molar-refractivity contribution in [2.24, 2.45) is 17.8 Å². The van der Waals surface area contributed by atoms with Crippen molar-refractivity contribution in [2.45, 2.75) is 101 Å². The van der Waals surface area contributed by atoms with Gasteiger partial charge in [-0.15, -0.1) is 0 Å². The van der Waals surface area contributed by atoms with Crippen LogP contribution in [-0.4, -0.2) is 52.4 Å². The number of ether oxygens (including phenoxy) is 2. The van der Waals surface area contributed by atoms with Crippen LogP contribution in [0.2, 0.25) is 0 Å². The maximum absolute atomic E-state index is 13.2. The number of carbonyl (C=O) groups is 1. The molecule has 1 saturated heterocycles. The zero-order chi connectivity index (χ0) is 37.2. The quantitative estimate of drug-likeness (QED) is 0.117. The molecule has 5 atom stereocenters. The summed E-state index contributed by atoms with van der Waals surface area (Å²) in [7, 11) is 2.03. The second-order valence-electron chi connectivity index (χ2n) is 16.7. The number of hydrogen-bond donors (Lipinski definition) is 4. The summed E-state index contributed by atoms with van der Waals surface area (Å²) in [6.45, 7) is 3.11. The van der Waals surface area contributed by atoms with Crippen LogP contribution in [-0.2, 0) is 22.6 Å². The summed E-state index contributed by atoms with van der Waals surface area (Å²) >= 11 is 0. The molecule has 8 heteroatoms. The maximum atomic E-state index is 13.2. The molecule has 4 aliphatic carbocycles. The van der Waals surface area contributed by atoms with Crippen LogP contribution in [0.1, 0.15) is 98.2 Å². The van der Waals surface area contributed by atoms with Crippen molar-refractivity contribution in [3.8, 4) is 11.1 Å². The highest BCUT2D eigenvalue weighted by Crippen LogP contribution is 2.55. The van der Waals surface area contributed by atoms with Gasteiger partial charge in [-0.25, -0.2) is 4.79 Å². The third-order valence-electron chi connectivity index (χ3n) is 12.7. The van der Waals surface area contributed by atoms with Crippen LogP contribution in [0.4, 0.5) is 4.79 Å². The van der Waals surface area contributed by atoms with Crippen molar-refractivity contribution in [3.63, 3.8) is 0 Å². The van der Waals surface area contributed by atoms with Crippen molar-refractivity contribution in [3.05, 3.63) is 131 Å². The fourth-order valence-corrected chi connectivity index (χ4v) is 10.1. The number of likely N-dealkylation sites (N-methyl/N-ethyl adjacent to an activating group) is 1. The Kier molecular flexibility index (Phi) is 10.9. The maximum Gasteiger partial charge on any atom is 0.315 e. The average Bonchev–Trinajstić information content (AvgIpc) is 3.19. The molecule has 4 bridgehead atoms. The molecule has 4 N–H and O–H groups in total. The van der Waals surface area contributed by atoms with Crippen molar-refractivity contribution < 1.29 is 24.5 Å². The highest BCUT2D eigenvalue weighted by Gasteiger charge is 2.51. The van der Waals surface area contributed by atoms with Gasteiger partial charge in [-0.05, 0) is 116 Å². The number of rotatable bonds is 12. The van der Waals surface area contributed by atoms with E-state index in [9.17, 15) is 15.0 Å². The van der Waals surface area contributed by atoms with Gasteiger partial charge in [-0.1, -0.05) is 91.0 Å². The number of amides is 2. The number of benzene rings is 4. The Morgan fingerprint density at radius 1 is 0.796 bits per heavy atom. The molecule has 0 spiro atoms. The van der Waals surface area contributed by atoms with Gasteiger partial charge in [0.1, 0.15) is 0 Å². The summed E-state index contributed by atoms with van der Waals surface area (Å²) in [4.78, 5) is 15.4. The van der Waals surface area contributed by atoms with E-state index in [1.165, 1.54) is 19.3 Å². The number of nitrogens with zero attached hydrogens (tertiary/aromatic N) is 1. The molecule has 54 heavy (non-hydrogen) atoms. The molecule has 0 radical (unpaired) electrons. The Balaban J connectivity index is 0.956. The molecule has 4 aromatic carbocycles. The summed E-state index contributed by atoms with van der Waals surface area (Å²) in [6.07, 6.45) is 6.51. The summed E-state index contributed by atoms with van der Waals surface area (Å²) in [5, 5.41) is 27.4. The second-order valence-corrected chi connectivity index (χ2v) is 16.7. The number of aliphatic hydroxyl groups excluding tert-OH is 2. The first-order valence-electron chi connectivity index (χ1n) is 19.9. The minimum atomic E-state index is -0.632. The Labute approximate surface area is 319 Å². The molecule has 5 aliphatic rings. The van der Waals surface area contributed by atoms with Crippen LogP contribution in [0.3, 0.4) is 0 Å². The van der Waals surface area contributed by atoms with E-state index in [1.54, 1.807) is 0 Å².